The second-order valence-electron chi connectivity index (χ2n) is 5.89. The van der Waals surface area contributed by atoms with Gasteiger partial charge in [0.25, 0.3) is 0 Å². The summed E-state index contributed by atoms with van der Waals surface area (Å²) in [6, 6.07) is 2.22. The van der Waals surface area contributed by atoms with Gasteiger partial charge >= 0.3 is 6.18 Å². The molecule has 0 aliphatic carbocycles. The number of nitrogens with zero attached hydrogens (tertiary/aromatic N) is 4. The Kier molecular flexibility index (Phi) is 4.70. The molecule has 0 atom stereocenters. The van der Waals surface area contributed by atoms with Crippen LogP contribution in [0.5, 0.6) is 0 Å². The van der Waals surface area contributed by atoms with Crippen molar-refractivity contribution in [2.45, 2.75) is 26.1 Å². The number of nitrogens with one attached hydrogen (secondary N) is 1. The molecule has 3 aromatic rings. The smallest absolute Gasteiger partial charge is 0.352 e. The van der Waals surface area contributed by atoms with Gasteiger partial charge in [0.15, 0.2) is 11.6 Å². The van der Waals surface area contributed by atoms with Crippen molar-refractivity contribution in [3.05, 3.63) is 35.2 Å². The van der Waals surface area contributed by atoms with Gasteiger partial charge in [0.1, 0.15) is 11.2 Å². The number of hydrogen-bond donors (Lipinski definition) is 1. The average Bonchev–Trinajstić information content (AvgIpc) is 2.93. The molecule has 10 heteroatoms. The predicted octanol–water partition coefficient (Wildman–Crippen LogP) is 4.83. The molecule has 3 aromatic heterocycles. The van der Waals surface area contributed by atoms with Crippen molar-refractivity contribution >= 4 is 39.0 Å². The molecular weight excluding hydrogens is 370 g/mol. The third-order valence-corrected chi connectivity index (χ3v) is 4.45. The Bertz CT molecular complexity index is 921. The second-order valence-corrected chi connectivity index (χ2v) is 6.77. The zero-order chi connectivity index (χ0) is 19.1. The normalized spacial score (nSPS) is 12.0. The first-order chi connectivity index (χ1) is 12.2. The molecule has 0 aliphatic heterocycles. The van der Waals surface area contributed by atoms with E-state index in [1.54, 1.807) is 11.9 Å². The standard InChI is InChI=1S/C16H15F4N5S/c1-8(2)22-15-23-12-10(17)7-26-13(12)14(24-15)25(3)9-4-5-11(21-6-9)16(18,19)20/h4-8H,1-3H3,(H,22,23,24). The van der Waals surface area contributed by atoms with Crippen LogP contribution in [-0.2, 0) is 6.18 Å². The summed E-state index contributed by atoms with van der Waals surface area (Å²) in [4.78, 5) is 13.6. The molecule has 0 bridgehead atoms. The Labute approximate surface area is 150 Å². The van der Waals surface area contributed by atoms with E-state index in [9.17, 15) is 17.6 Å². The van der Waals surface area contributed by atoms with Gasteiger partial charge < -0.3 is 10.2 Å². The summed E-state index contributed by atoms with van der Waals surface area (Å²) in [5.41, 5.74) is -0.427. The minimum Gasteiger partial charge on any atom is -0.352 e. The molecule has 0 aliphatic rings. The molecule has 0 saturated heterocycles. The lowest BCUT2D eigenvalue weighted by molar-refractivity contribution is -0.141. The Morgan fingerprint density at radius 1 is 1.19 bits per heavy atom. The lowest BCUT2D eigenvalue weighted by Crippen LogP contribution is -2.17. The fourth-order valence-corrected chi connectivity index (χ4v) is 3.18. The Morgan fingerprint density at radius 3 is 2.50 bits per heavy atom. The van der Waals surface area contributed by atoms with Gasteiger partial charge in [0.05, 0.1) is 16.6 Å². The van der Waals surface area contributed by atoms with Crippen molar-refractivity contribution in [1.82, 2.24) is 15.0 Å². The van der Waals surface area contributed by atoms with Gasteiger partial charge in [-0.2, -0.15) is 18.2 Å². The van der Waals surface area contributed by atoms with E-state index >= 15 is 0 Å². The van der Waals surface area contributed by atoms with Crippen LogP contribution in [-0.4, -0.2) is 28.0 Å². The zero-order valence-electron chi connectivity index (χ0n) is 14.1. The van der Waals surface area contributed by atoms with E-state index < -0.39 is 17.7 Å². The quantitative estimate of drug-likeness (QED) is 0.652. The van der Waals surface area contributed by atoms with Gasteiger partial charge in [-0.15, -0.1) is 11.3 Å². The van der Waals surface area contributed by atoms with Crippen molar-refractivity contribution in [1.29, 1.82) is 0 Å². The summed E-state index contributed by atoms with van der Waals surface area (Å²) >= 11 is 1.13. The van der Waals surface area contributed by atoms with Crippen LogP contribution in [0.4, 0.5) is 35.0 Å². The van der Waals surface area contributed by atoms with Gasteiger partial charge in [-0.3, -0.25) is 0 Å². The number of thiophene rings is 1. The topological polar surface area (TPSA) is 53.9 Å². The van der Waals surface area contributed by atoms with Crippen LogP contribution in [0.2, 0.25) is 0 Å². The largest absolute Gasteiger partial charge is 0.433 e. The van der Waals surface area contributed by atoms with E-state index in [1.807, 2.05) is 13.8 Å². The fourth-order valence-electron chi connectivity index (χ4n) is 2.30. The first kappa shape index (κ1) is 18.3. The lowest BCUT2D eigenvalue weighted by Gasteiger charge is -2.20. The fraction of sp³-hybridized carbons (Fsp3) is 0.312. The summed E-state index contributed by atoms with van der Waals surface area (Å²) in [5, 5.41) is 4.33. The highest BCUT2D eigenvalue weighted by Gasteiger charge is 2.32. The molecule has 0 saturated carbocycles. The highest BCUT2D eigenvalue weighted by atomic mass is 32.1. The van der Waals surface area contributed by atoms with Crippen LogP contribution in [0, 0.1) is 5.82 Å². The van der Waals surface area contributed by atoms with Crippen molar-refractivity contribution in [3.63, 3.8) is 0 Å². The van der Waals surface area contributed by atoms with Crippen LogP contribution < -0.4 is 10.2 Å². The van der Waals surface area contributed by atoms with Crippen LogP contribution in [0.3, 0.4) is 0 Å². The minimum atomic E-state index is -4.51. The number of pyridine rings is 1. The Hall–Kier alpha value is -2.49. The number of halogens is 4. The lowest BCUT2D eigenvalue weighted by atomic mass is 10.3. The molecule has 0 fully saturated rings. The molecule has 1 N–H and O–H groups in total. The highest BCUT2D eigenvalue weighted by molar-refractivity contribution is 7.17. The number of rotatable bonds is 4. The monoisotopic (exact) mass is 385 g/mol. The van der Waals surface area contributed by atoms with Gasteiger partial charge in [0, 0.05) is 18.5 Å². The molecular formula is C16H15F4N5S. The third kappa shape index (κ3) is 3.55. The first-order valence-electron chi connectivity index (χ1n) is 7.65. The maximum absolute atomic E-state index is 14.0. The van der Waals surface area contributed by atoms with E-state index in [-0.39, 0.29) is 17.5 Å². The van der Waals surface area contributed by atoms with Gasteiger partial charge in [-0.1, -0.05) is 0 Å². The van der Waals surface area contributed by atoms with E-state index in [4.69, 9.17) is 0 Å². The van der Waals surface area contributed by atoms with Crippen LogP contribution in [0.25, 0.3) is 10.2 Å². The Morgan fingerprint density at radius 2 is 1.92 bits per heavy atom. The van der Waals surface area contributed by atoms with Crippen molar-refractivity contribution in [3.8, 4) is 0 Å². The summed E-state index contributed by atoms with van der Waals surface area (Å²) < 4.78 is 52.6. The molecule has 138 valence electrons. The van der Waals surface area contributed by atoms with E-state index in [1.165, 1.54) is 11.4 Å². The molecule has 0 unspecified atom stereocenters. The molecule has 3 rings (SSSR count). The second kappa shape index (κ2) is 6.67. The molecule has 26 heavy (non-hydrogen) atoms. The number of fused-ring (bicyclic) bond motifs is 1. The van der Waals surface area contributed by atoms with Crippen LogP contribution >= 0.6 is 11.3 Å². The summed E-state index contributed by atoms with van der Waals surface area (Å²) in [6.07, 6.45) is -3.40. The Balaban J connectivity index is 2.05. The van der Waals surface area contributed by atoms with E-state index in [0.29, 0.717) is 16.2 Å². The van der Waals surface area contributed by atoms with Crippen molar-refractivity contribution in [2.75, 3.05) is 17.3 Å². The van der Waals surface area contributed by atoms with Crippen LogP contribution in [0.15, 0.2) is 23.7 Å². The first-order valence-corrected chi connectivity index (χ1v) is 8.53. The number of hydrogen-bond acceptors (Lipinski definition) is 6. The summed E-state index contributed by atoms with van der Waals surface area (Å²) in [5.74, 6) is 0.152. The third-order valence-electron chi connectivity index (χ3n) is 3.52. The molecule has 0 amide bonds. The highest BCUT2D eigenvalue weighted by Crippen LogP contribution is 2.35. The molecule has 0 aromatic carbocycles. The average molecular weight is 385 g/mol. The maximum Gasteiger partial charge on any atom is 0.433 e. The number of aromatic nitrogens is 3. The molecule has 0 spiro atoms. The van der Waals surface area contributed by atoms with Gasteiger partial charge in [0.2, 0.25) is 5.95 Å². The number of anilines is 3. The van der Waals surface area contributed by atoms with E-state index in [0.717, 1.165) is 23.6 Å². The van der Waals surface area contributed by atoms with Crippen molar-refractivity contribution < 1.29 is 17.6 Å². The van der Waals surface area contributed by atoms with Crippen molar-refractivity contribution in [2.24, 2.45) is 0 Å². The van der Waals surface area contributed by atoms with Gasteiger partial charge in [-0.05, 0) is 26.0 Å². The van der Waals surface area contributed by atoms with E-state index in [2.05, 4.69) is 20.3 Å². The molecule has 5 nitrogen and oxygen atoms in total. The minimum absolute atomic E-state index is 0.0278. The van der Waals surface area contributed by atoms with Gasteiger partial charge in [-0.25, -0.2) is 14.4 Å². The number of alkyl halides is 3. The van der Waals surface area contributed by atoms with Crippen LogP contribution in [0.1, 0.15) is 19.5 Å². The SMILES string of the molecule is CC(C)Nc1nc(N(C)c2ccc(C(F)(F)F)nc2)c2scc(F)c2n1. The maximum atomic E-state index is 14.0. The summed E-state index contributed by atoms with van der Waals surface area (Å²) in [6.45, 7) is 3.78. The zero-order valence-corrected chi connectivity index (χ0v) is 14.9. The predicted molar refractivity (Wildman–Crippen MR) is 93.4 cm³/mol. The molecule has 0 radical (unpaired) electrons. The molecule has 3 heterocycles. The summed E-state index contributed by atoms with van der Waals surface area (Å²) in [7, 11) is 1.63.